The van der Waals surface area contributed by atoms with E-state index >= 15 is 0 Å². The van der Waals surface area contributed by atoms with E-state index in [-0.39, 0.29) is 17.4 Å². The van der Waals surface area contributed by atoms with Crippen LogP contribution in [-0.2, 0) is 0 Å². The van der Waals surface area contributed by atoms with Crippen LogP contribution in [0.4, 0.5) is 0 Å². The predicted octanol–water partition coefficient (Wildman–Crippen LogP) is 7.19. The Labute approximate surface area is 188 Å². The van der Waals surface area contributed by atoms with Gasteiger partial charge in [0.25, 0.3) is 0 Å². The van der Waals surface area contributed by atoms with Crippen LogP contribution >= 0.6 is 22.6 Å². The minimum absolute atomic E-state index is 0.226. The molecule has 5 aromatic carbocycles. The molecule has 2 nitrogen and oxygen atoms in total. The fourth-order valence-corrected chi connectivity index (χ4v) is 4.67. The Kier molecular flexibility index (Phi) is 4.83. The van der Waals surface area contributed by atoms with Crippen molar-refractivity contribution in [1.82, 2.24) is 0 Å². The number of hydrogen-bond donors (Lipinski definition) is 2. The Morgan fingerprint density at radius 2 is 1.00 bits per heavy atom. The van der Waals surface area contributed by atoms with Crippen LogP contribution in [0, 0.1) is 3.57 Å². The molecular formula is C27H19IO2. The summed E-state index contributed by atoms with van der Waals surface area (Å²) in [5.74, 6) is 0.133. The van der Waals surface area contributed by atoms with Crippen LogP contribution < -0.4 is 0 Å². The van der Waals surface area contributed by atoms with Crippen LogP contribution in [0.1, 0.15) is 22.6 Å². The second kappa shape index (κ2) is 7.65. The molecule has 0 unspecified atom stereocenters. The van der Waals surface area contributed by atoms with E-state index < -0.39 is 0 Å². The monoisotopic (exact) mass is 502 g/mol. The Bertz CT molecular complexity index is 1290. The van der Waals surface area contributed by atoms with E-state index in [0.29, 0.717) is 0 Å². The van der Waals surface area contributed by atoms with Crippen molar-refractivity contribution in [3.63, 3.8) is 0 Å². The highest BCUT2D eigenvalue weighted by Gasteiger charge is 2.26. The van der Waals surface area contributed by atoms with Crippen LogP contribution in [0.15, 0.2) is 97.1 Å². The van der Waals surface area contributed by atoms with Crippen molar-refractivity contribution >= 4 is 44.1 Å². The SMILES string of the molecule is Oc1ccc2ccccc2c1C(c1ccc(I)cc1)c1c(O)ccc2ccccc12. The number of phenols is 2. The Balaban J connectivity index is 1.92. The summed E-state index contributed by atoms with van der Waals surface area (Å²) in [5, 5.41) is 26.1. The number of benzene rings is 5. The van der Waals surface area contributed by atoms with Gasteiger partial charge < -0.3 is 10.2 Å². The van der Waals surface area contributed by atoms with Gasteiger partial charge in [0, 0.05) is 20.6 Å². The summed E-state index contributed by atoms with van der Waals surface area (Å²) in [7, 11) is 0. The smallest absolute Gasteiger partial charge is 0.120 e. The highest BCUT2D eigenvalue weighted by atomic mass is 127. The van der Waals surface area contributed by atoms with Crippen LogP contribution in [0.2, 0.25) is 0 Å². The van der Waals surface area contributed by atoms with E-state index in [1.165, 1.54) is 0 Å². The second-order valence-corrected chi connectivity index (χ2v) is 8.67. The quantitative estimate of drug-likeness (QED) is 0.203. The Morgan fingerprint density at radius 3 is 1.50 bits per heavy atom. The number of rotatable bonds is 3. The van der Waals surface area contributed by atoms with Gasteiger partial charge in [0.2, 0.25) is 0 Å². The fraction of sp³-hybridized carbons (Fsp3) is 0.0370. The molecule has 5 aromatic rings. The maximum atomic E-state index is 11.0. The number of aromatic hydroxyl groups is 2. The van der Waals surface area contributed by atoms with Gasteiger partial charge in [-0.05, 0) is 74.0 Å². The van der Waals surface area contributed by atoms with Crippen molar-refractivity contribution in [1.29, 1.82) is 0 Å². The minimum Gasteiger partial charge on any atom is -0.508 e. The normalized spacial score (nSPS) is 11.4. The predicted molar refractivity (Wildman–Crippen MR) is 131 cm³/mol. The van der Waals surface area contributed by atoms with Crippen LogP contribution in [0.5, 0.6) is 11.5 Å². The first kappa shape index (κ1) is 18.9. The van der Waals surface area contributed by atoms with Gasteiger partial charge >= 0.3 is 0 Å². The molecule has 0 aromatic heterocycles. The summed E-state index contributed by atoms with van der Waals surface area (Å²) in [4.78, 5) is 0. The standard InChI is InChI=1S/C27H19IO2/c28-20-13-9-19(10-14-20)25(26-21-7-3-1-5-17(21)11-15-23(26)29)27-22-8-4-2-6-18(22)12-16-24(27)30/h1-16,25,29-30H. The molecule has 0 aliphatic heterocycles. The summed E-state index contributed by atoms with van der Waals surface area (Å²) >= 11 is 2.29. The molecule has 0 atom stereocenters. The molecule has 2 N–H and O–H groups in total. The third-order valence-corrected chi connectivity index (χ3v) is 6.40. The van der Waals surface area contributed by atoms with E-state index in [4.69, 9.17) is 0 Å². The zero-order valence-electron chi connectivity index (χ0n) is 16.1. The molecule has 0 aliphatic rings. The van der Waals surface area contributed by atoms with Gasteiger partial charge in [-0.1, -0.05) is 72.8 Å². The van der Waals surface area contributed by atoms with Gasteiger partial charge in [-0.3, -0.25) is 0 Å². The van der Waals surface area contributed by atoms with Gasteiger partial charge in [-0.2, -0.15) is 0 Å². The van der Waals surface area contributed by atoms with Gasteiger partial charge in [0.15, 0.2) is 0 Å². The second-order valence-electron chi connectivity index (χ2n) is 7.42. The van der Waals surface area contributed by atoms with Crippen LogP contribution in [-0.4, -0.2) is 10.2 Å². The summed E-state index contributed by atoms with van der Waals surface area (Å²) in [6.07, 6.45) is 0. The first-order valence-electron chi connectivity index (χ1n) is 9.80. The van der Waals surface area contributed by atoms with E-state index in [0.717, 1.165) is 41.8 Å². The lowest BCUT2D eigenvalue weighted by molar-refractivity contribution is 0.460. The lowest BCUT2D eigenvalue weighted by Crippen LogP contribution is -2.06. The Hall–Kier alpha value is -3.05. The molecule has 0 radical (unpaired) electrons. The molecule has 0 fully saturated rings. The molecule has 0 heterocycles. The maximum Gasteiger partial charge on any atom is 0.120 e. The average Bonchev–Trinajstić information content (AvgIpc) is 2.77. The topological polar surface area (TPSA) is 40.5 Å². The number of hydrogen-bond acceptors (Lipinski definition) is 2. The molecular weight excluding hydrogens is 483 g/mol. The summed E-state index contributed by atoms with van der Waals surface area (Å²) < 4.78 is 1.14. The van der Waals surface area contributed by atoms with Gasteiger partial charge in [-0.25, -0.2) is 0 Å². The fourth-order valence-electron chi connectivity index (χ4n) is 4.31. The molecule has 0 bridgehead atoms. The molecule has 0 saturated heterocycles. The van der Waals surface area contributed by atoms with Crippen LogP contribution in [0.25, 0.3) is 21.5 Å². The van der Waals surface area contributed by atoms with Crippen molar-refractivity contribution < 1.29 is 10.2 Å². The number of phenolic OH excluding ortho intramolecular Hbond substituents is 2. The summed E-state index contributed by atoms with van der Waals surface area (Å²) in [6.45, 7) is 0. The molecule has 30 heavy (non-hydrogen) atoms. The van der Waals surface area contributed by atoms with Crippen molar-refractivity contribution in [2.24, 2.45) is 0 Å². The highest BCUT2D eigenvalue weighted by Crippen LogP contribution is 2.46. The van der Waals surface area contributed by atoms with Gasteiger partial charge in [0.05, 0.1) is 0 Å². The third kappa shape index (κ3) is 3.19. The maximum absolute atomic E-state index is 11.0. The minimum atomic E-state index is -0.320. The molecule has 0 saturated carbocycles. The highest BCUT2D eigenvalue weighted by molar-refractivity contribution is 14.1. The third-order valence-electron chi connectivity index (χ3n) is 5.68. The van der Waals surface area contributed by atoms with E-state index in [1.54, 1.807) is 12.1 Å². The van der Waals surface area contributed by atoms with Gasteiger partial charge in [0.1, 0.15) is 11.5 Å². The first-order chi connectivity index (χ1) is 14.6. The number of fused-ring (bicyclic) bond motifs is 2. The van der Waals surface area contributed by atoms with Crippen molar-refractivity contribution in [2.75, 3.05) is 0 Å². The molecule has 0 amide bonds. The summed E-state index contributed by atoms with van der Waals surface area (Å²) in [5.41, 5.74) is 2.63. The Morgan fingerprint density at radius 1 is 0.533 bits per heavy atom. The molecule has 146 valence electrons. The lowest BCUT2D eigenvalue weighted by Gasteiger charge is -2.24. The van der Waals surface area contributed by atoms with E-state index in [1.807, 2.05) is 60.7 Å². The molecule has 5 rings (SSSR count). The molecule has 3 heteroatoms. The van der Waals surface area contributed by atoms with Crippen molar-refractivity contribution in [3.8, 4) is 11.5 Å². The zero-order valence-corrected chi connectivity index (χ0v) is 18.2. The first-order valence-corrected chi connectivity index (χ1v) is 10.9. The van der Waals surface area contributed by atoms with Crippen molar-refractivity contribution in [2.45, 2.75) is 5.92 Å². The summed E-state index contributed by atoms with van der Waals surface area (Å²) in [6, 6.07) is 31.8. The average molecular weight is 502 g/mol. The largest absolute Gasteiger partial charge is 0.508 e. The van der Waals surface area contributed by atoms with Crippen molar-refractivity contribution in [3.05, 3.63) is 117 Å². The molecule has 0 spiro atoms. The zero-order chi connectivity index (χ0) is 20.7. The molecule has 0 aliphatic carbocycles. The van der Waals surface area contributed by atoms with E-state index in [9.17, 15) is 10.2 Å². The van der Waals surface area contributed by atoms with E-state index in [2.05, 4.69) is 46.9 Å². The van der Waals surface area contributed by atoms with Gasteiger partial charge in [-0.15, -0.1) is 0 Å². The van der Waals surface area contributed by atoms with Crippen LogP contribution in [0.3, 0.4) is 0 Å². The lowest BCUT2D eigenvalue weighted by atomic mass is 9.80. The number of halogens is 1.